The van der Waals surface area contributed by atoms with Crippen LogP contribution in [-0.4, -0.2) is 55.9 Å². The monoisotopic (exact) mass is 584 g/mol. The third-order valence-corrected chi connectivity index (χ3v) is 8.19. The van der Waals surface area contributed by atoms with Crippen molar-refractivity contribution in [2.75, 3.05) is 6.61 Å². The van der Waals surface area contributed by atoms with Crippen LogP contribution in [0.4, 0.5) is 0 Å². The van der Waals surface area contributed by atoms with Crippen molar-refractivity contribution in [1.82, 2.24) is 24.8 Å². The number of para-hydroxylation sites is 1. The Labute approximate surface area is 246 Å². The summed E-state index contributed by atoms with van der Waals surface area (Å²) in [6, 6.07) is 9.26. The molecule has 2 aliphatic rings. The Kier molecular flexibility index (Phi) is 7.09. The molecule has 0 bridgehead atoms. The molecule has 3 atom stereocenters. The third kappa shape index (κ3) is 4.77. The minimum Gasteiger partial charge on any atom is -0.479 e. The molecule has 43 heavy (non-hydrogen) atoms. The smallest absolute Gasteiger partial charge is 0.330 e. The number of H-pyrrole nitrogens is 1. The number of carbonyl (C=O) groups is 3. The number of amides is 1. The van der Waals surface area contributed by atoms with Gasteiger partial charge in [0.25, 0.3) is 5.56 Å². The average molecular weight is 585 g/mol. The van der Waals surface area contributed by atoms with E-state index in [1.54, 1.807) is 37.6 Å². The van der Waals surface area contributed by atoms with Gasteiger partial charge in [0, 0.05) is 29.3 Å². The quantitative estimate of drug-likeness (QED) is 0.231. The molecular formula is C31H32N6O6. The molecule has 222 valence electrons. The number of hydrogen-bond acceptors (Lipinski definition) is 9. The molecule has 3 aromatic heterocycles. The zero-order valence-electron chi connectivity index (χ0n) is 24.0. The van der Waals surface area contributed by atoms with Gasteiger partial charge in [0.15, 0.2) is 12.4 Å². The fourth-order valence-electron chi connectivity index (χ4n) is 5.79. The molecule has 4 N–H and O–H groups in total. The van der Waals surface area contributed by atoms with Gasteiger partial charge in [0.05, 0.1) is 41.4 Å². The maximum absolute atomic E-state index is 13.7. The van der Waals surface area contributed by atoms with Crippen LogP contribution in [0.1, 0.15) is 44.0 Å². The van der Waals surface area contributed by atoms with Gasteiger partial charge in [0.2, 0.25) is 17.3 Å². The number of esters is 1. The summed E-state index contributed by atoms with van der Waals surface area (Å²) < 4.78 is 13.3. The number of pyridine rings is 2. The van der Waals surface area contributed by atoms with Crippen LogP contribution in [0.15, 0.2) is 53.7 Å². The van der Waals surface area contributed by atoms with E-state index in [0.29, 0.717) is 23.6 Å². The first-order valence-corrected chi connectivity index (χ1v) is 14.2. The lowest BCUT2D eigenvalue weighted by atomic mass is 9.84. The van der Waals surface area contributed by atoms with Crippen molar-refractivity contribution in [2.45, 2.75) is 57.8 Å². The second-order valence-corrected chi connectivity index (χ2v) is 11.3. The van der Waals surface area contributed by atoms with Gasteiger partial charge in [-0.15, -0.1) is 0 Å². The molecule has 0 radical (unpaired) electrons. The number of aromatic nitrogens is 4. The van der Waals surface area contributed by atoms with Gasteiger partial charge >= 0.3 is 5.97 Å². The number of fused-ring (bicyclic) bond motifs is 5. The van der Waals surface area contributed by atoms with Crippen molar-refractivity contribution < 1.29 is 23.9 Å². The fourth-order valence-corrected chi connectivity index (χ4v) is 5.79. The highest BCUT2D eigenvalue weighted by atomic mass is 16.6. The van der Waals surface area contributed by atoms with Crippen LogP contribution in [0.5, 0.6) is 5.75 Å². The summed E-state index contributed by atoms with van der Waals surface area (Å²) in [6.45, 7) is 5.05. The Bertz CT molecular complexity index is 1810. The fraction of sp³-hybridized carbons (Fsp3) is 0.355. The number of nitrogens with zero attached hydrogens (tertiary/aromatic N) is 3. The largest absolute Gasteiger partial charge is 0.479 e. The van der Waals surface area contributed by atoms with Crippen molar-refractivity contribution in [3.8, 4) is 17.1 Å². The molecule has 12 heteroatoms. The molecule has 1 aromatic carbocycles. The molecule has 0 saturated carbocycles. The van der Waals surface area contributed by atoms with Gasteiger partial charge in [-0.1, -0.05) is 39.0 Å². The number of carbonyl (C=O) groups excluding carboxylic acids is 3. The number of benzene rings is 1. The number of ketones is 1. The second kappa shape index (κ2) is 10.8. The Morgan fingerprint density at radius 3 is 2.74 bits per heavy atom. The Hall–Kier alpha value is -4.84. The summed E-state index contributed by atoms with van der Waals surface area (Å²) >= 11 is 0. The lowest BCUT2D eigenvalue weighted by Gasteiger charge is -2.37. The number of nitrogens with two attached hydrogens (primary N) is 1. The van der Waals surface area contributed by atoms with Crippen molar-refractivity contribution in [3.05, 3.63) is 76.1 Å². The lowest BCUT2D eigenvalue weighted by molar-refractivity contribution is -0.176. The van der Waals surface area contributed by atoms with E-state index in [9.17, 15) is 19.2 Å². The van der Waals surface area contributed by atoms with Crippen LogP contribution in [0.2, 0.25) is 0 Å². The number of aromatic amines is 1. The van der Waals surface area contributed by atoms with Gasteiger partial charge in [0.1, 0.15) is 6.04 Å². The number of nitrogens with one attached hydrogen (secondary N) is 2. The van der Waals surface area contributed by atoms with Crippen LogP contribution in [0.3, 0.4) is 0 Å². The summed E-state index contributed by atoms with van der Waals surface area (Å²) in [6.07, 6.45) is 3.29. The van der Waals surface area contributed by atoms with E-state index < -0.39 is 53.4 Å². The first-order chi connectivity index (χ1) is 20.6. The van der Waals surface area contributed by atoms with E-state index >= 15 is 0 Å². The van der Waals surface area contributed by atoms with Crippen LogP contribution < -0.4 is 21.3 Å². The summed E-state index contributed by atoms with van der Waals surface area (Å²) in [5, 5.41) is 3.64. The maximum atomic E-state index is 13.7. The molecule has 4 aromatic rings. The number of hydrogen-bond donors (Lipinski definition) is 3. The molecular weight excluding hydrogens is 552 g/mol. The molecule has 0 fully saturated rings. The highest BCUT2D eigenvalue weighted by Crippen LogP contribution is 2.43. The minimum absolute atomic E-state index is 0.0397. The number of imidazole rings is 1. The normalized spacial score (nSPS) is 18.4. The first kappa shape index (κ1) is 28.3. The average Bonchev–Trinajstić information content (AvgIpc) is 3.63. The van der Waals surface area contributed by atoms with Crippen molar-refractivity contribution in [1.29, 1.82) is 0 Å². The number of ether oxygens (including phenoxy) is 2. The summed E-state index contributed by atoms with van der Waals surface area (Å²) in [5.41, 5.74) is 7.45. The maximum Gasteiger partial charge on any atom is 0.330 e. The van der Waals surface area contributed by atoms with E-state index in [-0.39, 0.29) is 24.2 Å². The van der Waals surface area contributed by atoms with Crippen LogP contribution in [0.25, 0.3) is 22.3 Å². The predicted octanol–water partition coefficient (Wildman–Crippen LogP) is 1.97. The summed E-state index contributed by atoms with van der Waals surface area (Å²) in [7, 11) is 0. The molecule has 1 amide bonds. The Balaban J connectivity index is 1.35. The van der Waals surface area contributed by atoms with Crippen LogP contribution in [0, 0.1) is 5.92 Å². The van der Waals surface area contributed by atoms with E-state index in [4.69, 9.17) is 20.2 Å². The van der Waals surface area contributed by atoms with Gasteiger partial charge in [-0.3, -0.25) is 19.0 Å². The standard InChI is InChI=1S/C31H32N6O6/c1-4-31(43-30(41)25(16(2)3)36-28(39)21(32)10-19-12-33-15-34-19)20-11-23-26-18(9-17-7-5-6-8-22(17)35-26)13-37(23)29(40)27(20)42-14-24(31)38/h5-9,11-12,15-16,21,25H,4,10,13-14,32H2,1-3H3,(H,33,34)(H,36,39)/t21-,25-,31-/m0/s1. The molecule has 0 unspecified atom stereocenters. The summed E-state index contributed by atoms with van der Waals surface area (Å²) in [5.74, 6) is -2.31. The highest BCUT2D eigenvalue weighted by Gasteiger charge is 2.50. The van der Waals surface area contributed by atoms with Crippen LogP contribution >= 0.6 is 0 Å². The molecule has 5 heterocycles. The molecule has 0 saturated heterocycles. The molecule has 12 nitrogen and oxygen atoms in total. The zero-order chi connectivity index (χ0) is 30.5. The van der Waals surface area contributed by atoms with E-state index in [2.05, 4.69) is 15.3 Å². The first-order valence-electron chi connectivity index (χ1n) is 14.2. The van der Waals surface area contributed by atoms with Crippen molar-refractivity contribution in [3.63, 3.8) is 0 Å². The van der Waals surface area contributed by atoms with Gasteiger partial charge < -0.3 is 25.5 Å². The second-order valence-electron chi connectivity index (χ2n) is 11.3. The Morgan fingerprint density at radius 1 is 1.23 bits per heavy atom. The topological polar surface area (TPSA) is 171 Å². The summed E-state index contributed by atoms with van der Waals surface area (Å²) in [4.78, 5) is 65.6. The highest BCUT2D eigenvalue weighted by molar-refractivity contribution is 5.96. The van der Waals surface area contributed by atoms with E-state index in [0.717, 1.165) is 16.5 Å². The number of rotatable bonds is 8. The Morgan fingerprint density at radius 2 is 2.02 bits per heavy atom. The molecule has 0 spiro atoms. The zero-order valence-corrected chi connectivity index (χ0v) is 24.0. The predicted molar refractivity (Wildman–Crippen MR) is 156 cm³/mol. The number of Topliss-reactive ketones (excluding diaryl/α,β-unsaturated/α-hetero) is 1. The minimum atomic E-state index is -1.80. The third-order valence-electron chi connectivity index (χ3n) is 8.19. The van der Waals surface area contributed by atoms with Crippen LogP contribution in [-0.2, 0) is 37.7 Å². The van der Waals surface area contributed by atoms with Gasteiger partial charge in [-0.05, 0) is 30.5 Å². The molecule has 0 aliphatic carbocycles. The molecule has 2 aliphatic heterocycles. The SMILES string of the molecule is CC[C@@]1(OC(=O)[C@@H](NC(=O)[C@@H](N)Cc2cnc[nH]2)C(C)C)C(=O)COc2c1cc1n(c2=O)Cc2cc3ccccc3nc2-1. The van der Waals surface area contributed by atoms with E-state index in [1.807, 2.05) is 30.3 Å². The van der Waals surface area contributed by atoms with Crippen molar-refractivity contribution in [2.24, 2.45) is 11.7 Å². The molecule has 6 rings (SSSR count). The lowest BCUT2D eigenvalue weighted by Crippen LogP contribution is -2.55. The van der Waals surface area contributed by atoms with Gasteiger partial charge in [-0.25, -0.2) is 14.8 Å². The van der Waals surface area contributed by atoms with Crippen molar-refractivity contribution >= 4 is 28.6 Å². The van der Waals surface area contributed by atoms with E-state index in [1.165, 1.54) is 6.33 Å². The van der Waals surface area contributed by atoms with Gasteiger partial charge in [-0.2, -0.15) is 0 Å².